The third-order valence-corrected chi connectivity index (χ3v) is 6.93. The van der Waals surface area contributed by atoms with E-state index in [0.717, 1.165) is 39.0 Å². The number of hydrazone groups is 1. The fourth-order valence-corrected chi connectivity index (χ4v) is 4.83. The van der Waals surface area contributed by atoms with E-state index in [9.17, 15) is 4.79 Å². The van der Waals surface area contributed by atoms with Crippen molar-refractivity contribution in [3.8, 4) is 17.2 Å². The van der Waals surface area contributed by atoms with Crippen LogP contribution in [0.2, 0.25) is 0 Å². The molecule has 0 fully saturated rings. The van der Waals surface area contributed by atoms with Crippen molar-refractivity contribution in [2.45, 2.75) is 12.6 Å². The molecule has 0 spiro atoms. The van der Waals surface area contributed by atoms with Crippen molar-refractivity contribution in [1.82, 2.24) is 4.90 Å². The van der Waals surface area contributed by atoms with E-state index in [1.165, 1.54) is 0 Å². The number of carbonyl (C=O) groups excluding carboxylic acids is 1. The highest BCUT2D eigenvalue weighted by Crippen LogP contribution is 2.44. The topological polar surface area (TPSA) is 63.6 Å². The number of ether oxygens (including phenoxy) is 3. The van der Waals surface area contributed by atoms with Crippen LogP contribution in [0.25, 0.3) is 6.08 Å². The molecule has 0 radical (unpaired) electrons. The van der Waals surface area contributed by atoms with Crippen LogP contribution in [0, 0.1) is 0 Å². The van der Waals surface area contributed by atoms with Gasteiger partial charge < -0.3 is 19.1 Å². The molecule has 1 unspecified atom stereocenters. The number of methoxy groups -OCH3 is 3. The molecule has 0 N–H and O–H groups in total. The van der Waals surface area contributed by atoms with E-state index in [0.29, 0.717) is 23.9 Å². The Morgan fingerprint density at radius 2 is 1.67 bits per heavy atom. The molecule has 2 aliphatic rings. The fraction of sp³-hybridized carbons (Fsp3) is 0.214. The van der Waals surface area contributed by atoms with Crippen molar-refractivity contribution >= 4 is 39.3 Å². The van der Waals surface area contributed by atoms with Gasteiger partial charge in [-0.15, -0.1) is 5.10 Å². The predicted molar refractivity (Wildman–Crippen MR) is 144 cm³/mol. The zero-order chi connectivity index (χ0) is 25.2. The van der Waals surface area contributed by atoms with Gasteiger partial charge >= 0.3 is 0 Å². The van der Waals surface area contributed by atoms with Crippen molar-refractivity contribution in [2.24, 2.45) is 5.10 Å². The molecule has 184 valence electrons. The van der Waals surface area contributed by atoms with E-state index < -0.39 is 0 Å². The minimum absolute atomic E-state index is 0.150. The van der Waals surface area contributed by atoms with Crippen molar-refractivity contribution in [1.29, 1.82) is 0 Å². The second-order valence-electron chi connectivity index (χ2n) is 8.44. The quantitative estimate of drug-likeness (QED) is 0.366. The number of hydrogen-bond donors (Lipinski definition) is 0. The third kappa shape index (κ3) is 4.44. The van der Waals surface area contributed by atoms with Crippen LogP contribution >= 0.6 is 15.9 Å². The molecule has 36 heavy (non-hydrogen) atoms. The number of amidine groups is 1. The summed E-state index contributed by atoms with van der Waals surface area (Å²) in [5.41, 5.74) is 3.96. The van der Waals surface area contributed by atoms with Gasteiger partial charge in [-0.2, -0.15) is 0 Å². The van der Waals surface area contributed by atoms with Gasteiger partial charge in [0.2, 0.25) is 5.78 Å². The zero-order valence-electron chi connectivity index (χ0n) is 20.3. The van der Waals surface area contributed by atoms with Crippen LogP contribution in [0.4, 0.5) is 5.69 Å². The van der Waals surface area contributed by atoms with Gasteiger partial charge in [-0.3, -0.25) is 4.79 Å². The number of fused-ring (bicyclic) bond motifs is 3. The zero-order valence-corrected chi connectivity index (χ0v) is 21.9. The number of ketones is 1. The van der Waals surface area contributed by atoms with Gasteiger partial charge in [0, 0.05) is 16.6 Å². The van der Waals surface area contributed by atoms with Crippen molar-refractivity contribution in [2.75, 3.05) is 32.9 Å². The Bertz CT molecular complexity index is 1340. The lowest BCUT2D eigenvalue weighted by Crippen LogP contribution is -2.42. The third-order valence-electron chi connectivity index (χ3n) is 6.40. The lowest BCUT2D eigenvalue weighted by atomic mass is 9.95. The first-order chi connectivity index (χ1) is 17.5. The summed E-state index contributed by atoms with van der Waals surface area (Å²) in [6.45, 7) is 0.649. The van der Waals surface area contributed by atoms with Crippen LogP contribution in [0.15, 0.2) is 76.3 Å². The SMILES string of the molecule is COc1ccc(N2N=C(C(=O)/C=C/c3ccc(Br)cc3)N3CCc4cc(OC)c(OC)cc4C32)cc1. The Hall–Kier alpha value is -3.78. The van der Waals surface area contributed by atoms with Crippen LogP contribution in [-0.2, 0) is 11.2 Å². The Morgan fingerprint density at radius 1 is 0.972 bits per heavy atom. The van der Waals surface area contributed by atoms with Crippen LogP contribution < -0.4 is 19.2 Å². The van der Waals surface area contributed by atoms with E-state index in [1.54, 1.807) is 27.4 Å². The van der Waals surface area contributed by atoms with Gasteiger partial charge in [-0.1, -0.05) is 34.1 Å². The second-order valence-corrected chi connectivity index (χ2v) is 9.35. The minimum Gasteiger partial charge on any atom is -0.497 e. The molecule has 3 aromatic rings. The first kappa shape index (κ1) is 23.9. The maximum atomic E-state index is 13.4. The Morgan fingerprint density at radius 3 is 2.33 bits per heavy atom. The van der Waals surface area contributed by atoms with Gasteiger partial charge in [0.25, 0.3) is 0 Å². The largest absolute Gasteiger partial charge is 0.497 e. The minimum atomic E-state index is -0.290. The summed E-state index contributed by atoms with van der Waals surface area (Å²) in [7, 11) is 4.89. The summed E-state index contributed by atoms with van der Waals surface area (Å²) >= 11 is 3.44. The smallest absolute Gasteiger partial charge is 0.222 e. The molecule has 0 bridgehead atoms. The maximum absolute atomic E-state index is 13.4. The number of nitrogens with zero attached hydrogens (tertiary/aromatic N) is 3. The molecule has 8 heteroatoms. The Labute approximate surface area is 218 Å². The molecule has 0 saturated heterocycles. The van der Waals surface area contributed by atoms with E-state index in [2.05, 4.69) is 20.8 Å². The summed E-state index contributed by atoms with van der Waals surface area (Å²) in [5.74, 6) is 2.34. The number of benzene rings is 3. The molecule has 5 rings (SSSR count). The lowest BCUT2D eigenvalue weighted by Gasteiger charge is -2.37. The number of anilines is 1. The Kier molecular flexibility index (Phi) is 6.69. The first-order valence-corrected chi connectivity index (χ1v) is 12.3. The van der Waals surface area contributed by atoms with Crippen LogP contribution in [0.5, 0.6) is 17.2 Å². The molecule has 3 aromatic carbocycles. The summed E-state index contributed by atoms with van der Waals surface area (Å²) in [6, 6.07) is 19.5. The van der Waals surface area contributed by atoms with E-state index in [4.69, 9.17) is 19.3 Å². The molecule has 0 amide bonds. The van der Waals surface area contributed by atoms with Crippen molar-refractivity contribution < 1.29 is 19.0 Å². The fourth-order valence-electron chi connectivity index (χ4n) is 4.57. The lowest BCUT2D eigenvalue weighted by molar-refractivity contribution is -0.109. The highest BCUT2D eigenvalue weighted by Gasteiger charge is 2.42. The highest BCUT2D eigenvalue weighted by molar-refractivity contribution is 9.10. The van der Waals surface area contributed by atoms with Gasteiger partial charge in [0.1, 0.15) is 5.75 Å². The normalized spacial score (nSPS) is 16.4. The van der Waals surface area contributed by atoms with E-state index in [1.807, 2.05) is 71.7 Å². The van der Waals surface area contributed by atoms with Crippen molar-refractivity contribution in [3.63, 3.8) is 0 Å². The molecule has 0 aliphatic carbocycles. The Balaban J connectivity index is 1.55. The summed E-state index contributed by atoms with van der Waals surface area (Å²) in [4.78, 5) is 15.5. The van der Waals surface area contributed by atoms with Crippen LogP contribution in [-0.4, -0.2) is 44.4 Å². The molecule has 1 atom stereocenters. The van der Waals surface area contributed by atoms with Gasteiger partial charge in [-0.05, 0) is 72.2 Å². The van der Waals surface area contributed by atoms with Gasteiger partial charge in [0.05, 0.1) is 27.0 Å². The molecule has 0 saturated carbocycles. The number of rotatable bonds is 7. The van der Waals surface area contributed by atoms with Gasteiger partial charge in [-0.25, -0.2) is 5.01 Å². The van der Waals surface area contributed by atoms with E-state index in [-0.39, 0.29) is 11.9 Å². The molecular formula is C28H26BrN3O4. The van der Waals surface area contributed by atoms with Crippen LogP contribution in [0.3, 0.4) is 0 Å². The maximum Gasteiger partial charge on any atom is 0.222 e. The molecule has 2 heterocycles. The number of halogens is 1. The molecule has 7 nitrogen and oxygen atoms in total. The first-order valence-electron chi connectivity index (χ1n) is 11.5. The highest BCUT2D eigenvalue weighted by atomic mass is 79.9. The number of hydrogen-bond acceptors (Lipinski definition) is 7. The number of carbonyl (C=O) groups is 1. The summed E-state index contributed by atoms with van der Waals surface area (Å²) in [6.07, 6.45) is 3.86. The van der Waals surface area contributed by atoms with Crippen LogP contribution in [0.1, 0.15) is 22.9 Å². The average molecular weight is 548 g/mol. The summed E-state index contributed by atoms with van der Waals surface area (Å²) < 4.78 is 17.4. The van der Waals surface area contributed by atoms with Crippen molar-refractivity contribution in [3.05, 3.63) is 87.9 Å². The molecular weight excluding hydrogens is 522 g/mol. The second kappa shape index (κ2) is 10.1. The monoisotopic (exact) mass is 547 g/mol. The average Bonchev–Trinajstić information content (AvgIpc) is 3.32. The standard InChI is InChI=1S/C28H26BrN3O4/c1-34-22-11-9-21(10-12-22)32-28-23-17-26(36-3)25(35-2)16-19(23)14-15-31(28)27(30-32)24(33)13-6-18-4-7-20(29)8-5-18/h4-13,16-17,28H,14-15H2,1-3H3/b13-6+. The predicted octanol–water partition coefficient (Wildman–Crippen LogP) is 5.45. The van der Waals surface area contributed by atoms with E-state index >= 15 is 0 Å². The molecule has 0 aromatic heterocycles. The van der Waals surface area contributed by atoms with Gasteiger partial charge in [0.15, 0.2) is 23.5 Å². The molecule has 2 aliphatic heterocycles. The summed E-state index contributed by atoms with van der Waals surface area (Å²) in [5, 5.41) is 6.73.